The van der Waals surface area contributed by atoms with Crippen molar-refractivity contribution in [3.05, 3.63) is 101 Å². The summed E-state index contributed by atoms with van der Waals surface area (Å²) in [6.07, 6.45) is 7.73. The molecule has 0 saturated carbocycles. The van der Waals surface area contributed by atoms with Crippen molar-refractivity contribution in [1.82, 2.24) is 25.3 Å². The van der Waals surface area contributed by atoms with E-state index >= 15 is 0 Å². The maximum absolute atomic E-state index is 12.2. The van der Waals surface area contributed by atoms with Gasteiger partial charge in [-0.15, -0.1) is 10.2 Å². The second-order valence-electron chi connectivity index (χ2n) is 7.88. The Morgan fingerprint density at radius 3 is 2.47 bits per heavy atom. The quantitative estimate of drug-likeness (QED) is 0.372. The molecule has 34 heavy (non-hydrogen) atoms. The van der Waals surface area contributed by atoms with Crippen LogP contribution < -0.4 is 5.32 Å². The summed E-state index contributed by atoms with van der Waals surface area (Å²) in [6.45, 7) is 0.784. The molecule has 1 N–H and O–H groups in total. The van der Waals surface area contributed by atoms with E-state index in [1.54, 1.807) is 23.0 Å². The molecule has 1 amide bonds. The van der Waals surface area contributed by atoms with E-state index in [-0.39, 0.29) is 5.92 Å². The van der Waals surface area contributed by atoms with Crippen molar-refractivity contribution in [3.63, 3.8) is 0 Å². The number of rotatable bonds is 7. The summed E-state index contributed by atoms with van der Waals surface area (Å²) in [4.78, 5) is 12.2. The Labute approximate surface area is 202 Å². The third-order valence-corrected chi connectivity index (χ3v) is 5.89. The Bertz CT molecular complexity index is 1290. The van der Waals surface area contributed by atoms with Crippen LogP contribution in [-0.2, 0) is 4.74 Å². The third-order valence-electron chi connectivity index (χ3n) is 5.69. The van der Waals surface area contributed by atoms with Crippen LogP contribution in [0.1, 0.15) is 29.0 Å². The zero-order chi connectivity index (χ0) is 23.3. The molecular formula is C26H22ClN5O2. The number of alkyl carbamates (subject to hydrolysis) is 1. The number of hydrogen-bond acceptors (Lipinski definition) is 5. The number of ether oxygens (including phenoxy) is 1. The van der Waals surface area contributed by atoms with Crippen LogP contribution in [0, 0.1) is 0 Å². The summed E-state index contributed by atoms with van der Waals surface area (Å²) >= 11 is 5.76. The Morgan fingerprint density at radius 1 is 1.03 bits per heavy atom. The highest BCUT2D eigenvalue weighted by molar-refractivity contribution is 6.29. The highest BCUT2D eigenvalue weighted by Gasteiger charge is 2.28. The number of carbonyl (C=O) groups is 1. The van der Waals surface area contributed by atoms with E-state index in [1.165, 1.54) is 22.3 Å². The molecule has 2 heterocycles. The standard InChI is InChI=1S/C26H22ClN5O2/c27-24-12-13-25(31-30-24)32-16-18(15-29-32)7-5-6-14-28-26(33)34-17-23-21-10-3-1-8-19(21)20-9-2-4-11-22(20)23/h1-5,7-13,15-16,23H,6,14,17H2,(H,28,33). The summed E-state index contributed by atoms with van der Waals surface area (Å²) in [7, 11) is 0. The Hall–Kier alpha value is -3.97. The third kappa shape index (κ3) is 4.70. The number of nitrogens with zero attached hydrogens (tertiary/aromatic N) is 4. The molecule has 0 fully saturated rings. The number of halogens is 1. The molecule has 0 unspecified atom stereocenters. The number of benzene rings is 2. The lowest BCUT2D eigenvalue weighted by Crippen LogP contribution is -2.26. The van der Waals surface area contributed by atoms with Crippen LogP contribution in [0.3, 0.4) is 0 Å². The number of fused-ring (bicyclic) bond motifs is 3. The number of nitrogens with one attached hydrogen (secondary N) is 1. The minimum Gasteiger partial charge on any atom is -0.449 e. The van der Waals surface area contributed by atoms with Gasteiger partial charge in [0.05, 0.1) is 6.20 Å². The van der Waals surface area contributed by atoms with E-state index in [1.807, 2.05) is 42.6 Å². The highest BCUT2D eigenvalue weighted by Crippen LogP contribution is 2.44. The molecule has 5 rings (SSSR count). The van der Waals surface area contributed by atoms with Crippen molar-refractivity contribution >= 4 is 23.8 Å². The number of aromatic nitrogens is 4. The predicted molar refractivity (Wildman–Crippen MR) is 131 cm³/mol. The van der Waals surface area contributed by atoms with Gasteiger partial charge in [0.1, 0.15) is 6.61 Å². The van der Waals surface area contributed by atoms with Crippen molar-refractivity contribution in [3.8, 4) is 16.9 Å². The molecule has 170 valence electrons. The smallest absolute Gasteiger partial charge is 0.407 e. The monoisotopic (exact) mass is 471 g/mol. The minimum atomic E-state index is -0.413. The first-order valence-electron chi connectivity index (χ1n) is 11.0. The first-order chi connectivity index (χ1) is 16.7. The van der Waals surface area contributed by atoms with E-state index in [2.05, 4.69) is 44.9 Å². The molecule has 0 radical (unpaired) electrons. The minimum absolute atomic E-state index is 0.0555. The van der Waals surface area contributed by atoms with Gasteiger partial charge in [0, 0.05) is 24.2 Å². The van der Waals surface area contributed by atoms with Gasteiger partial charge in [0.15, 0.2) is 11.0 Å². The van der Waals surface area contributed by atoms with E-state index in [9.17, 15) is 4.79 Å². The van der Waals surface area contributed by atoms with E-state index in [4.69, 9.17) is 16.3 Å². The first-order valence-corrected chi connectivity index (χ1v) is 11.4. The van der Waals surface area contributed by atoms with Gasteiger partial charge in [0.25, 0.3) is 0 Å². The molecule has 0 aliphatic heterocycles. The number of hydrogen-bond donors (Lipinski definition) is 1. The molecule has 1 aliphatic carbocycles. The van der Waals surface area contributed by atoms with E-state index in [0.29, 0.717) is 30.5 Å². The van der Waals surface area contributed by atoms with Crippen molar-refractivity contribution < 1.29 is 9.53 Å². The Morgan fingerprint density at radius 2 is 1.76 bits per heavy atom. The maximum atomic E-state index is 12.2. The lowest BCUT2D eigenvalue weighted by molar-refractivity contribution is 0.143. The van der Waals surface area contributed by atoms with Gasteiger partial charge in [-0.3, -0.25) is 0 Å². The summed E-state index contributed by atoms with van der Waals surface area (Å²) in [5.74, 6) is 0.640. The fraction of sp³-hybridized carbons (Fsp3) is 0.154. The van der Waals surface area contributed by atoms with E-state index in [0.717, 1.165) is 5.56 Å². The van der Waals surface area contributed by atoms with Gasteiger partial charge >= 0.3 is 6.09 Å². The maximum Gasteiger partial charge on any atom is 0.407 e. The lowest BCUT2D eigenvalue weighted by Gasteiger charge is -2.14. The molecule has 0 spiro atoms. The van der Waals surface area contributed by atoms with Crippen LogP contribution >= 0.6 is 11.6 Å². The number of amides is 1. The number of carbonyl (C=O) groups excluding carboxylic acids is 1. The van der Waals surface area contributed by atoms with Crippen LogP contribution in [0.25, 0.3) is 23.0 Å². The van der Waals surface area contributed by atoms with Crippen LogP contribution in [0.5, 0.6) is 0 Å². The van der Waals surface area contributed by atoms with Crippen molar-refractivity contribution in [2.24, 2.45) is 0 Å². The van der Waals surface area contributed by atoms with Crippen LogP contribution in [0.2, 0.25) is 5.15 Å². The zero-order valence-electron chi connectivity index (χ0n) is 18.3. The van der Waals surface area contributed by atoms with Gasteiger partial charge in [-0.2, -0.15) is 5.10 Å². The fourth-order valence-corrected chi connectivity index (χ4v) is 4.21. The van der Waals surface area contributed by atoms with Gasteiger partial charge in [-0.25, -0.2) is 9.48 Å². The van der Waals surface area contributed by atoms with Crippen molar-refractivity contribution in [2.45, 2.75) is 12.3 Å². The molecule has 0 bridgehead atoms. The SMILES string of the molecule is O=C(NCCC=Cc1cnn(-c2ccc(Cl)nn2)c1)OCC1c2ccccc2-c2ccccc21. The Kier molecular flexibility index (Phi) is 6.35. The second-order valence-corrected chi connectivity index (χ2v) is 8.26. The molecule has 0 atom stereocenters. The topological polar surface area (TPSA) is 81.9 Å². The Balaban J connectivity index is 1.09. The average molecular weight is 472 g/mol. The molecule has 2 aromatic heterocycles. The summed E-state index contributed by atoms with van der Waals surface area (Å²) in [5.41, 5.74) is 5.74. The summed E-state index contributed by atoms with van der Waals surface area (Å²) < 4.78 is 7.18. The normalized spacial score (nSPS) is 12.5. The fourth-order valence-electron chi connectivity index (χ4n) is 4.11. The van der Waals surface area contributed by atoms with Gasteiger partial charge in [-0.05, 0) is 40.8 Å². The van der Waals surface area contributed by atoms with Gasteiger partial charge < -0.3 is 10.1 Å². The molecule has 7 nitrogen and oxygen atoms in total. The van der Waals surface area contributed by atoms with Gasteiger partial charge in [0.2, 0.25) is 0 Å². The zero-order valence-corrected chi connectivity index (χ0v) is 19.0. The largest absolute Gasteiger partial charge is 0.449 e. The average Bonchev–Trinajstić information content (AvgIpc) is 3.46. The van der Waals surface area contributed by atoms with Crippen molar-refractivity contribution in [2.75, 3.05) is 13.2 Å². The van der Waals surface area contributed by atoms with Gasteiger partial charge in [-0.1, -0.05) is 72.3 Å². The van der Waals surface area contributed by atoms with Crippen LogP contribution in [-0.4, -0.2) is 39.2 Å². The lowest BCUT2D eigenvalue weighted by atomic mass is 9.98. The molecular weight excluding hydrogens is 450 g/mol. The molecule has 2 aromatic carbocycles. The first kappa shape index (κ1) is 21.9. The predicted octanol–water partition coefficient (Wildman–Crippen LogP) is 5.26. The van der Waals surface area contributed by atoms with Crippen molar-refractivity contribution in [1.29, 1.82) is 0 Å². The van der Waals surface area contributed by atoms with E-state index < -0.39 is 6.09 Å². The van der Waals surface area contributed by atoms with Crippen LogP contribution in [0.4, 0.5) is 4.79 Å². The molecule has 4 aromatic rings. The second kappa shape index (κ2) is 9.89. The molecule has 0 saturated heterocycles. The highest BCUT2D eigenvalue weighted by atomic mass is 35.5. The van der Waals surface area contributed by atoms with Crippen LogP contribution in [0.15, 0.2) is 79.1 Å². The summed E-state index contributed by atoms with van der Waals surface area (Å²) in [5, 5.41) is 15.2. The molecule has 1 aliphatic rings. The summed E-state index contributed by atoms with van der Waals surface area (Å²) in [6, 6.07) is 20.0. The molecule has 8 heteroatoms.